The predicted molar refractivity (Wildman–Crippen MR) is 127 cm³/mol. The first-order chi connectivity index (χ1) is 15.6. The number of anilines is 1. The quantitative estimate of drug-likeness (QED) is 0.273. The summed E-state index contributed by atoms with van der Waals surface area (Å²) >= 11 is 6.11. The van der Waals surface area contributed by atoms with Gasteiger partial charge in [0, 0.05) is 16.3 Å². The zero-order valence-corrected chi connectivity index (χ0v) is 17.9. The summed E-state index contributed by atoms with van der Waals surface area (Å²) in [4.78, 5) is 29.7. The molecule has 0 spiro atoms. The summed E-state index contributed by atoms with van der Waals surface area (Å²) in [5.41, 5.74) is 1.58. The van der Waals surface area contributed by atoms with Crippen LogP contribution in [0.3, 0.4) is 0 Å². The van der Waals surface area contributed by atoms with Crippen molar-refractivity contribution in [2.24, 2.45) is 0 Å². The van der Waals surface area contributed by atoms with Crippen molar-refractivity contribution < 1.29 is 9.59 Å². The second-order valence-corrected chi connectivity index (χ2v) is 8.26. The van der Waals surface area contributed by atoms with E-state index < -0.39 is 11.5 Å². The van der Waals surface area contributed by atoms with Crippen LogP contribution < -0.4 is 4.90 Å². The first-order valence-corrected chi connectivity index (χ1v) is 10.8. The molecule has 0 aliphatic carbocycles. The molecule has 0 saturated carbocycles. The minimum atomic E-state index is -1.21. The number of hydrogen-bond donors (Lipinski definition) is 0. The second kappa shape index (κ2) is 8.10. The van der Waals surface area contributed by atoms with Crippen LogP contribution in [0.25, 0.3) is 0 Å². The van der Waals surface area contributed by atoms with Crippen LogP contribution in [0.4, 0.5) is 5.69 Å². The number of β-lactam (4-membered cyclic amide) rings is 1. The van der Waals surface area contributed by atoms with Gasteiger partial charge in [0.15, 0.2) is 11.3 Å². The predicted octanol–water partition coefficient (Wildman–Crippen LogP) is 6.25. The topological polar surface area (TPSA) is 37.4 Å². The molecule has 5 rings (SSSR count). The van der Waals surface area contributed by atoms with Crippen LogP contribution in [0.1, 0.15) is 27.4 Å². The minimum absolute atomic E-state index is 0.118. The molecule has 1 saturated heterocycles. The van der Waals surface area contributed by atoms with Gasteiger partial charge in [0.05, 0.1) is 5.92 Å². The molecule has 1 amide bonds. The van der Waals surface area contributed by atoms with E-state index in [0.717, 1.165) is 11.1 Å². The Morgan fingerprint density at radius 3 is 1.84 bits per heavy atom. The smallest absolute Gasteiger partial charge is 0.239 e. The molecular weight excluding hydrogens is 418 g/mol. The molecule has 0 bridgehead atoms. The fraction of sp³-hybridized carbons (Fsp3) is 0.0714. The molecular formula is C28H20ClNO2. The molecule has 1 fully saturated rings. The molecule has 1 aliphatic heterocycles. The van der Waals surface area contributed by atoms with E-state index in [-0.39, 0.29) is 11.7 Å². The number of amides is 1. The van der Waals surface area contributed by atoms with E-state index in [1.165, 1.54) is 0 Å². The number of nitrogens with zero attached hydrogens (tertiary/aromatic N) is 1. The maximum absolute atomic E-state index is 14.3. The Bertz CT molecular complexity index is 1260. The van der Waals surface area contributed by atoms with E-state index in [0.29, 0.717) is 16.3 Å². The van der Waals surface area contributed by atoms with E-state index >= 15 is 0 Å². The summed E-state index contributed by atoms with van der Waals surface area (Å²) in [7, 11) is 0. The summed E-state index contributed by atoms with van der Waals surface area (Å²) < 4.78 is 0. The fourth-order valence-electron chi connectivity index (χ4n) is 4.66. The fourth-order valence-corrected chi connectivity index (χ4v) is 4.78. The van der Waals surface area contributed by atoms with Crippen molar-refractivity contribution in [3.63, 3.8) is 0 Å². The lowest BCUT2D eigenvalue weighted by Crippen LogP contribution is -2.71. The maximum atomic E-state index is 14.3. The Morgan fingerprint density at radius 2 is 1.25 bits per heavy atom. The molecule has 4 aromatic carbocycles. The molecule has 32 heavy (non-hydrogen) atoms. The van der Waals surface area contributed by atoms with Crippen LogP contribution >= 0.6 is 11.6 Å². The van der Waals surface area contributed by atoms with Gasteiger partial charge >= 0.3 is 0 Å². The van der Waals surface area contributed by atoms with Crippen molar-refractivity contribution in [3.8, 4) is 0 Å². The van der Waals surface area contributed by atoms with Crippen molar-refractivity contribution in [1.29, 1.82) is 0 Å². The zero-order chi connectivity index (χ0) is 22.1. The minimum Gasteiger partial charge on any atom is -0.293 e. The van der Waals surface area contributed by atoms with E-state index in [2.05, 4.69) is 0 Å². The Balaban J connectivity index is 1.79. The van der Waals surface area contributed by atoms with E-state index in [1.54, 1.807) is 41.3 Å². The maximum Gasteiger partial charge on any atom is 0.239 e. The average Bonchev–Trinajstić information content (AvgIpc) is 2.85. The number of Topliss-reactive ketones (excluding diaryl/α,β-unsaturated/α-hetero) is 1. The number of carbonyl (C=O) groups is 2. The van der Waals surface area contributed by atoms with Crippen LogP contribution in [-0.2, 0) is 10.3 Å². The van der Waals surface area contributed by atoms with Gasteiger partial charge in [0.25, 0.3) is 0 Å². The van der Waals surface area contributed by atoms with E-state index in [9.17, 15) is 9.59 Å². The van der Waals surface area contributed by atoms with Gasteiger partial charge in [-0.05, 0) is 35.4 Å². The molecule has 2 unspecified atom stereocenters. The standard InChI is InChI=1S/C28H20ClNO2/c29-23-16-18-24(19-17-23)30-27(32)25(20-10-4-1-5-11-20)28(30,22-14-8-3-9-15-22)26(31)21-12-6-2-7-13-21/h1-19,25H. The second-order valence-electron chi connectivity index (χ2n) is 7.82. The third-order valence-electron chi connectivity index (χ3n) is 6.05. The monoisotopic (exact) mass is 437 g/mol. The van der Waals surface area contributed by atoms with Crippen molar-refractivity contribution in [2.45, 2.75) is 11.5 Å². The molecule has 1 heterocycles. The number of rotatable bonds is 5. The number of benzene rings is 4. The van der Waals surface area contributed by atoms with Crippen molar-refractivity contribution in [3.05, 3.63) is 137 Å². The highest BCUT2D eigenvalue weighted by Crippen LogP contribution is 2.55. The van der Waals surface area contributed by atoms with Gasteiger partial charge < -0.3 is 0 Å². The van der Waals surface area contributed by atoms with Crippen LogP contribution in [0, 0.1) is 0 Å². The Labute approximate surface area is 191 Å². The first-order valence-electron chi connectivity index (χ1n) is 10.4. The molecule has 4 aromatic rings. The first kappa shape index (κ1) is 20.2. The van der Waals surface area contributed by atoms with E-state index in [1.807, 2.05) is 78.9 Å². The number of halogens is 1. The number of ketones is 1. The Kier molecular flexibility index (Phi) is 5.12. The number of hydrogen-bond acceptors (Lipinski definition) is 2. The zero-order valence-electron chi connectivity index (χ0n) is 17.2. The van der Waals surface area contributed by atoms with Gasteiger partial charge in [-0.1, -0.05) is 103 Å². The van der Waals surface area contributed by atoms with Crippen molar-refractivity contribution in [2.75, 3.05) is 4.90 Å². The average molecular weight is 438 g/mol. The molecule has 1 aliphatic rings. The van der Waals surface area contributed by atoms with Crippen LogP contribution in [-0.4, -0.2) is 11.7 Å². The van der Waals surface area contributed by atoms with Gasteiger partial charge in [0.2, 0.25) is 5.91 Å². The highest BCUT2D eigenvalue weighted by atomic mass is 35.5. The molecule has 2 atom stereocenters. The molecule has 0 radical (unpaired) electrons. The molecule has 156 valence electrons. The SMILES string of the molecule is O=C1C(c2ccccc2)C(C(=O)c2ccccc2)(c2ccccc2)N1c1ccc(Cl)cc1. The van der Waals surface area contributed by atoms with Gasteiger partial charge in [0.1, 0.15) is 0 Å². The van der Waals surface area contributed by atoms with Crippen molar-refractivity contribution >= 4 is 29.0 Å². The van der Waals surface area contributed by atoms with Crippen LogP contribution in [0.15, 0.2) is 115 Å². The van der Waals surface area contributed by atoms with Crippen molar-refractivity contribution in [1.82, 2.24) is 0 Å². The lowest BCUT2D eigenvalue weighted by molar-refractivity contribution is -0.129. The van der Waals surface area contributed by atoms with Gasteiger partial charge in [-0.2, -0.15) is 0 Å². The molecule has 0 N–H and O–H groups in total. The number of carbonyl (C=O) groups excluding carboxylic acids is 2. The normalized spacial score (nSPS) is 20.0. The Morgan fingerprint density at radius 1 is 0.719 bits per heavy atom. The summed E-state index contributed by atoms with van der Waals surface area (Å²) in [6.45, 7) is 0. The third kappa shape index (κ3) is 3.05. The Hall–Kier alpha value is -3.69. The largest absolute Gasteiger partial charge is 0.293 e. The van der Waals surface area contributed by atoms with Crippen LogP contribution in [0.5, 0.6) is 0 Å². The highest BCUT2D eigenvalue weighted by Gasteiger charge is 2.66. The lowest BCUT2D eigenvalue weighted by Gasteiger charge is -2.56. The summed E-state index contributed by atoms with van der Waals surface area (Å²) in [6, 6.07) is 35.3. The van der Waals surface area contributed by atoms with Gasteiger partial charge in [-0.25, -0.2) is 0 Å². The van der Waals surface area contributed by atoms with Crippen LogP contribution in [0.2, 0.25) is 5.02 Å². The van der Waals surface area contributed by atoms with Gasteiger partial charge in [-0.15, -0.1) is 0 Å². The highest BCUT2D eigenvalue weighted by molar-refractivity contribution is 6.30. The summed E-state index contributed by atoms with van der Waals surface area (Å²) in [5, 5.41) is 0.570. The summed E-state index contributed by atoms with van der Waals surface area (Å²) in [5.74, 6) is -0.881. The summed E-state index contributed by atoms with van der Waals surface area (Å²) in [6.07, 6.45) is 0. The van der Waals surface area contributed by atoms with Gasteiger partial charge in [-0.3, -0.25) is 14.5 Å². The molecule has 0 aromatic heterocycles. The third-order valence-corrected chi connectivity index (χ3v) is 6.30. The molecule has 3 nitrogen and oxygen atoms in total. The molecule has 4 heteroatoms. The lowest BCUT2D eigenvalue weighted by atomic mass is 9.62. The van der Waals surface area contributed by atoms with E-state index in [4.69, 9.17) is 11.6 Å².